The van der Waals surface area contributed by atoms with Gasteiger partial charge in [-0.05, 0) is 34.1 Å². The molecule has 0 radical (unpaired) electrons. The summed E-state index contributed by atoms with van der Waals surface area (Å²) >= 11 is 0. The summed E-state index contributed by atoms with van der Waals surface area (Å²) in [6, 6.07) is 7.52. The zero-order valence-electron chi connectivity index (χ0n) is 15.4. The normalized spacial score (nSPS) is 22.5. The number of fused-ring (bicyclic) bond motifs is 1. The number of allylic oxidation sites excluding steroid dienone is 2. The molecule has 2 aromatic rings. The van der Waals surface area contributed by atoms with Crippen molar-refractivity contribution in [2.24, 2.45) is 10.8 Å². The average molecular weight is 325 g/mol. The molecule has 0 aliphatic heterocycles. The molecule has 1 aliphatic rings. The van der Waals surface area contributed by atoms with Gasteiger partial charge in [-0.1, -0.05) is 65.8 Å². The van der Waals surface area contributed by atoms with Crippen LogP contribution in [0.2, 0.25) is 0 Å². The van der Waals surface area contributed by atoms with Gasteiger partial charge in [-0.15, -0.1) is 0 Å². The number of rotatable bonds is 1. The van der Waals surface area contributed by atoms with Crippen molar-refractivity contribution in [1.82, 2.24) is 15.0 Å². The van der Waals surface area contributed by atoms with Crippen molar-refractivity contribution >= 4 is 11.0 Å². The maximum absolute atomic E-state index is 11.0. The fourth-order valence-corrected chi connectivity index (χ4v) is 3.09. The van der Waals surface area contributed by atoms with E-state index in [9.17, 15) is 5.11 Å². The van der Waals surface area contributed by atoms with E-state index < -0.39 is 6.10 Å². The fraction of sp³-hybridized carbons (Fsp3) is 0.500. The highest BCUT2D eigenvalue weighted by Gasteiger charge is 2.36. The second-order valence-corrected chi connectivity index (χ2v) is 8.67. The van der Waals surface area contributed by atoms with Crippen molar-refractivity contribution in [3.63, 3.8) is 0 Å². The van der Waals surface area contributed by atoms with Crippen molar-refractivity contribution in [3.8, 4) is 0 Å². The summed E-state index contributed by atoms with van der Waals surface area (Å²) in [7, 11) is 0. The lowest BCUT2D eigenvalue weighted by Gasteiger charge is -2.37. The van der Waals surface area contributed by atoms with Crippen LogP contribution < -0.4 is 0 Å². The smallest absolute Gasteiger partial charge is 0.120 e. The topological polar surface area (TPSA) is 50.9 Å². The molecular formula is C20H27N3O. The molecule has 4 nitrogen and oxygen atoms in total. The Balaban J connectivity index is 2.12. The molecule has 1 aliphatic carbocycles. The number of hydrogen-bond acceptors (Lipinski definition) is 3. The van der Waals surface area contributed by atoms with Crippen LogP contribution >= 0.6 is 0 Å². The molecule has 2 atom stereocenters. The van der Waals surface area contributed by atoms with Gasteiger partial charge in [0.25, 0.3) is 0 Å². The van der Waals surface area contributed by atoms with Crippen LogP contribution in [0.4, 0.5) is 0 Å². The first-order chi connectivity index (χ1) is 11.1. The van der Waals surface area contributed by atoms with Crippen LogP contribution in [0.5, 0.6) is 0 Å². The summed E-state index contributed by atoms with van der Waals surface area (Å²) in [5.74, 6) is 0. The Morgan fingerprint density at radius 3 is 1.92 bits per heavy atom. The van der Waals surface area contributed by atoms with E-state index in [4.69, 9.17) is 0 Å². The second kappa shape index (κ2) is 5.55. The molecule has 1 aromatic carbocycles. The Morgan fingerprint density at radius 2 is 1.46 bits per heavy atom. The zero-order valence-corrected chi connectivity index (χ0v) is 15.4. The minimum Gasteiger partial charge on any atom is -0.386 e. The molecule has 2 unspecified atom stereocenters. The van der Waals surface area contributed by atoms with Crippen LogP contribution in [-0.4, -0.2) is 26.2 Å². The summed E-state index contributed by atoms with van der Waals surface area (Å²) in [5.41, 5.74) is 3.83. The van der Waals surface area contributed by atoms with Gasteiger partial charge in [0.05, 0.1) is 0 Å². The number of aliphatic hydroxyl groups is 1. The first-order valence-electron chi connectivity index (χ1n) is 8.51. The molecule has 1 heterocycles. The van der Waals surface area contributed by atoms with Crippen molar-refractivity contribution in [2.75, 3.05) is 0 Å². The van der Waals surface area contributed by atoms with Crippen LogP contribution in [0.15, 0.2) is 47.6 Å². The maximum Gasteiger partial charge on any atom is 0.120 e. The molecular weight excluding hydrogens is 298 g/mol. The lowest BCUT2D eigenvalue weighted by molar-refractivity contribution is 0.129. The largest absolute Gasteiger partial charge is 0.386 e. The number of nitrogens with zero attached hydrogens (tertiary/aromatic N) is 3. The molecule has 0 saturated carbocycles. The van der Waals surface area contributed by atoms with Crippen molar-refractivity contribution < 1.29 is 5.11 Å². The quantitative estimate of drug-likeness (QED) is 0.851. The van der Waals surface area contributed by atoms with Crippen molar-refractivity contribution in [1.29, 1.82) is 0 Å². The molecule has 0 amide bonds. The van der Waals surface area contributed by atoms with Gasteiger partial charge in [-0.3, -0.25) is 0 Å². The number of benzene rings is 1. The monoisotopic (exact) mass is 325 g/mol. The van der Waals surface area contributed by atoms with Gasteiger partial charge in [0, 0.05) is 0 Å². The highest BCUT2D eigenvalue weighted by Crippen LogP contribution is 2.41. The lowest BCUT2D eigenvalue weighted by Crippen LogP contribution is -2.35. The van der Waals surface area contributed by atoms with E-state index in [1.807, 2.05) is 24.3 Å². The molecule has 3 rings (SSSR count). The van der Waals surface area contributed by atoms with E-state index in [0.29, 0.717) is 0 Å². The van der Waals surface area contributed by atoms with Crippen LogP contribution in [-0.2, 0) is 0 Å². The van der Waals surface area contributed by atoms with Gasteiger partial charge in [-0.25, -0.2) is 0 Å². The maximum atomic E-state index is 11.0. The third kappa shape index (κ3) is 3.03. The number of aromatic nitrogens is 3. The highest BCUT2D eigenvalue weighted by atomic mass is 16.3. The Hall–Kier alpha value is -1.94. The Bertz CT molecular complexity index is 782. The van der Waals surface area contributed by atoms with E-state index in [1.165, 1.54) is 5.57 Å². The predicted octanol–water partition coefficient (Wildman–Crippen LogP) is 4.29. The van der Waals surface area contributed by atoms with E-state index in [0.717, 1.165) is 16.6 Å². The molecule has 128 valence electrons. The molecule has 24 heavy (non-hydrogen) atoms. The van der Waals surface area contributed by atoms with Crippen LogP contribution in [0.25, 0.3) is 11.0 Å². The molecule has 0 spiro atoms. The molecule has 0 bridgehead atoms. The summed E-state index contributed by atoms with van der Waals surface area (Å²) in [5, 5.41) is 20.2. The van der Waals surface area contributed by atoms with Crippen molar-refractivity contribution in [2.45, 2.75) is 53.7 Å². The SMILES string of the molecule is CC(C)(C)C1=CC(n2nc3ccccc3n2)C(O)C(C(C)(C)C)=C1. The predicted molar refractivity (Wildman–Crippen MR) is 97.6 cm³/mol. The minimum absolute atomic E-state index is 0.00145. The molecule has 0 saturated heterocycles. The van der Waals surface area contributed by atoms with Gasteiger partial charge in [0.1, 0.15) is 23.2 Å². The van der Waals surface area contributed by atoms with E-state index in [1.54, 1.807) is 4.80 Å². The highest BCUT2D eigenvalue weighted by molar-refractivity contribution is 5.73. The van der Waals surface area contributed by atoms with Gasteiger partial charge in [0.2, 0.25) is 0 Å². The standard InChI is InChI=1S/C20H27N3O/c1-19(2,3)13-11-14(20(4,5)6)18(24)17(12-13)23-21-15-9-7-8-10-16(15)22-23/h7-12,17-18,24H,1-6H3. The Morgan fingerprint density at radius 1 is 0.917 bits per heavy atom. The third-order valence-electron chi connectivity index (χ3n) is 4.60. The van der Waals surface area contributed by atoms with Gasteiger partial charge < -0.3 is 5.11 Å². The second-order valence-electron chi connectivity index (χ2n) is 8.67. The van der Waals surface area contributed by atoms with Gasteiger partial charge >= 0.3 is 0 Å². The zero-order chi connectivity index (χ0) is 17.7. The summed E-state index contributed by atoms with van der Waals surface area (Å²) < 4.78 is 0. The Labute approximate surface area is 143 Å². The number of aliphatic hydroxyl groups excluding tert-OH is 1. The molecule has 4 heteroatoms. The van der Waals surface area contributed by atoms with E-state index in [-0.39, 0.29) is 16.9 Å². The van der Waals surface area contributed by atoms with Gasteiger partial charge in [0.15, 0.2) is 0 Å². The average Bonchev–Trinajstić information content (AvgIpc) is 2.88. The van der Waals surface area contributed by atoms with Crippen LogP contribution in [0.1, 0.15) is 47.6 Å². The molecule has 1 aromatic heterocycles. The molecule has 0 fully saturated rings. The first-order valence-corrected chi connectivity index (χ1v) is 8.51. The summed E-state index contributed by atoms with van der Waals surface area (Å²) in [6.45, 7) is 13.0. The summed E-state index contributed by atoms with van der Waals surface area (Å²) in [6.07, 6.45) is 3.64. The third-order valence-corrected chi connectivity index (χ3v) is 4.60. The fourth-order valence-electron chi connectivity index (χ4n) is 3.09. The minimum atomic E-state index is -0.627. The molecule has 1 N–H and O–H groups in total. The summed E-state index contributed by atoms with van der Waals surface area (Å²) in [4.78, 5) is 1.67. The lowest BCUT2D eigenvalue weighted by atomic mass is 9.73. The van der Waals surface area contributed by atoms with E-state index >= 15 is 0 Å². The van der Waals surface area contributed by atoms with Crippen LogP contribution in [0.3, 0.4) is 0 Å². The Kier molecular flexibility index (Phi) is 3.91. The van der Waals surface area contributed by atoms with Crippen molar-refractivity contribution in [3.05, 3.63) is 47.6 Å². The van der Waals surface area contributed by atoms with E-state index in [2.05, 4.69) is 63.9 Å². The number of hydrogen-bond donors (Lipinski definition) is 1. The van der Waals surface area contributed by atoms with Crippen LogP contribution in [0, 0.1) is 10.8 Å². The van der Waals surface area contributed by atoms with Gasteiger partial charge in [-0.2, -0.15) is 15.0 Å². The first kappa shape index (κ1) is 16.9.